The summed E-state index contributed by atoms with van der Waals surface area (Å²) in [4.78, 5) is 24.6. The summed E-state index contributed by atoms with van der Waals surface area (Å²) in [6.07, 6.45) is 0.259. The summed E-state index contributed by atoms with van der Waals surface area (Å²) < 4.78 is 5.16. The molecule has 0 bridgehead atoms. The standard InChI is InChI=1S/C14H22N4O3/c1-3-18(9-13(16)19)7-6-14(20)17-11-5-4-10(15)8-12(11)21-2/h4-5,8H,3,6-7,9,15H2,1-2H3,(H2,16,19)(H,17,20). The Labute approximate surface area is 124 Å². The van der Waals surface area contributed by atoms with Crippen molar-refractivity contribution in [1.82, 2.24) is 4.90 Å². The molecule has 0 spiro atoms. The molecule has 0 fully saturated rings. The van der Waals surface area contributed by atoms with E-state index in [4.69, 9.17) is 16.2 Å². The molecule has 1 aromatic carbocycles. The number of primary amides is 1. The van der Waals surface area contributed by atoms with Gasteiger partial charge in [0.05, 0.1) is 19.3 Å². The first-order valence-corrected chi connectivity index (χ1v) is 6.70. The van der Waals surface area contributed by atoms with Crippen LogP contribution in [0.1, 0.15) is 13.3 Å². The molecule has 5 N–H and O–H groups in total. The zero-order chi connectivity index (χ0) is 15.8. The van der Waals surface area contributed by atoms with Crippen LogP contribution in [-0.2, 0) is 9.59 Å². The van der Waals surface area contributed by atoms with E-state index in [1.165, 1.54) is 7.11 Å². The van der Waals surface area contributed by atoms with Crippen molar-refractivity contribution in [2.24, 2.45) is 5.73 Å². The largest absolute Gasteiger partial charge is 0.494 e. The summed E-state index contributed by atoms with van der Waals surface area (Å²) in [7, 11) is 1.51. The Bertz CT molecular complexity index is 505. The maximum absolute atomic E-state index is 11.9. The van der Waals surface area contributed by atoms with E-state index in [1.54, 1.807) is 18.2 Å². The summed E-state index contributed by atoms with van der Waals surface area (Å²) in [5.74, 6) is -0.0636. The van der Waals surface area contributed by atoms with Gasteiger partial charge in [0.2, 0.25) is 11.8 Å². The number of carbonyl (C=O) groups excluding carboxylic acids is 2. The number of carbonyl (C=O) groups is 2. The Kier molecular flexibility index (Phi) is 6.48. The molecule has 116 valence electrons. The fourth-order valence-electron chi connectivity index (χ4n) is 1.85. The number of benzene rings is 1. The minimum Gasteiger partial charge on any atom is -0.494 e. The topological polar surface area (TPSA) is 111 Å². The molecule has 7 nitrogen and oxygen atoms in total. The molecule has 0 saturated carbocycles. The van der Waals surface area contributed by atoms with Crippen molar-refractivity contribution in [2.45, 2.75) is 13.3 Å². The minimum atomic E-state index is -0.405. The summed E-state index contributed by atoms with van der Waals surface area (Å²) in [6, 6.07) is 5.01. The van der Waals surface area contributed by atoms with E-state index in [0.29, 0.717) is 30.2 Å². The van der Waals surface area contributed by atoms with Crippen LogP contribution in [0.2, 0.25) is 0 Å². The van der Waals surface area contributed by atoms with Gasteiger partial charge < -0.3 is 21.5 Å². The van der Waals surface area contributed by atoms with E-state index >= 15 is 0 Å². The van der Waals surface area contributed by atoms with Crippen molar-refractivity contribution in [2.75, 3.05) is 37.8 Å². The van der Waals surface area contributed by atoms with E-state index in [2.05, 4.69) is 5.32 Å². The molecule has 2 amide bonds. The highest BCUT2D eigenvalue weighted by molar-refractivity contribution is 5.92. The van der Waals surface area contributed by atoms with E-state index < -0.39 is 5.91 Å². The predicted octanol–water partition coefficient (Wildman–Crippen LogP) is 0.413. The maximum atomic E-state index is 11.9. The Balaban J connectivity index is 2.55. The second kappa shape index (κ2) is 8.11. The Morgan fingerprint density at radius 2 is 2.10 bits per heavy atom. The van der Waals surface area contributed by atoms with Crippen molar-refractivity contribution in [3.8, 4) is 5.75 Å². The first-order valence-electron chi connectivity index (χ1n) is 6.70. The van der Waals surface area contributed by atoms with E-state index in [9.17, 15) is 9.59 Å². The molecule has 0 aliphatic rings. The molecule has 0 radical (unpaired) electrons. The number of hydrogen-bond donors (Lipinski definition) is 3. The smallest absolute Gasteiger partial charge is 0.231 e. The van der Waals surface area contributed by atoms with Gasteiger partial charge in [-0.05, 0) is 18.7 Å². The molecule has 0 aromatic heterocycles. The van der Waals surface area contributed by atoms with E-state index in [1.807, 2.05) is 11.8 Å². The lowest BCUT2D eigenvalue weighted by Gasteiger charge is -2.18. The fraction of sp³-hybridized carbons (Fsp3) is 0.429. The van der Waals surface area contributed by atoms with Crippen LogP contribution in [0, 0.1) is 0 Å². The number of nitrogens with one attached hydrogen (secondary N) is 1. The highest BCUT2D eigenvalue weighted by Crippen LogP contribution is 2.26. The van der Waals surface area contributed by atoms with Crippen LogP contribution < -0.4 is 21.5 Å². The van der Waals surface area contributed by atoms with Crippen LogP contribution >= 0.6 is 0 Å². The number of likely N-dealkylation sites (N-methyl/N-ethyl adjacent to an activating group) is 1. The average Bonchev–Trinajstić information content (AvgIpc) is 2.44. The van der Waals surface area contributed by atoms with Gasteiger partial charge in [-0.15, -0.1) is 0 Å². The predicted molar refractivity (Wildman–Crippen MR) is 82.0 cm³/mol. The zero-order valence-electron chi connectivity index (χ0n) is 12.4. The molecular formula is C14H22N4O3. The second-order valence-electron chi connectivity index (χ2n) is 4.59. The lowest BCUT2D eigenvalue weighted by molar-refractivity contribution is -0.120. The van der Waals surface area contributed by atoms with Crippen LogP contribution in [0.15, 0.2) is 18.2 Å². The van der Waals surface area contributed by atoms with E-state index in [0.717, 1.165) is 0 Å². The van der Waals surface area contributed by atoms with Crippen LogP contribution in [-0.4, -0.2) is 43.5 Å². The molecule has 1 rings (SSSR count). The highest BCUT2D eigenvalue weighted by Gasteiger charge is 2.11. The van der Waals surface area contributed by atoms with Crippen molar-refractivity contribution >= 4 is 23.2 Å². The minimum absolute atomic E-state index is 0.148. The highest BCUT2D eigenvalue weighted by atomic mass is 16.5. The van der Waals surface area contributed by atoms with Crippen molar-refractivity contribution < 1.29 is 14.3 Å². The number of nitrogens with zero attached hydrogens (tertiary/aromatic N) is 1. The van der Waals surface area contributed by atoms with Gasteiger partial charge in [-0.3, -0.25) is 14.5 Å². The molecule has 21 heavy (non-hydrogen) atoms. The SMILES string of the molecule is CCN(CCC(=O)Nc1ccc(N)cc1OC)CC(N)=O. The average molecular weight is 294 g/mol. The Morgan fingerprint density at radius 1 is 1.38 bits per heavy atom. The molecule has 0 unspecified atom stereocenters. The summed E-state index contributed by atoms with van der Waals surface area (Å²) in [5, 5.41) is 2.76. The van der Waals surface area contributed by atoms with Gasteiger partial charge >= 0.3 is 0 Å². The Hall–Kier alpha value is -2.28. The number of methoxy groups -OCH3 is 1. The van der Waals surface area contributed by atoms with Crippen LogP contribution in [0.25, 0.3) is 0 Å². The third-order valence-corrected chi connectivity index (χ3v) is 2.98. The lowest BCUT2D eigenvalue weighted by atomic mass is 10.2. The third kappa shape index (κ3) is 5.70. The molecule has 0 saturated heterocycles. The molecule has 0 heterocycles. The van der Waals surface area contributed by atoms with Gasteiger partial charge in [-0.1, -0.05) is 6.92 Å². The zero-order valence-corrected chi connectivity index (χ0v) is 12.4. The molecule has 0 aliphatic carbocycles. The van der Waals surface area contributed by atoms with Crippen LogP contribution in [0.4, 0.5) is 11.4 Å². The molecule has 1 aromatic rings. The number of hydrogen-bond acceptors (Lipinski definition) is 5. The number of nitrogens with two attached hydrogens (primary N) is 2. The van der Waals surface area contributed by atoms with Gasteiger partial charge in [-0.25, -0.2) is 0 Å². The summed E-state index contributed by atoms with van der Waals surface area (Å²) in [6.45, 7) is 3.17. The third-order valence-electron chi connectivity index (χ3n) is 2.98. The van der Waals surface area contributed by atoms with Gasteiger partial charge in [0, 0.05) is 24.7 Å². The molecule has 0 atom stereocenters. The van der Waals surface area contributed by atoms with Gasteiger partial charge in [0.25, 0.3) is 0 Å². The number of ether oxygens (including phenoxy) is 1. The second-order valence-corrected chi connectivity index (χ2v) is 4.59. The quantitative estimate of drug-likeness (QED) is 0.601. The number of nitrogen functional groups attached to an aromatic ring is 1. The van der Waals surface area contributed by atoms with Crippen LogP contribution in [0.5, 0.6) is 5.75 Å². The fourth-order valence-corrected chi connectivity index (χ4v) is 1.85. The first kappa shape index (κ1) is 16.8. The van der Waals surface area contributed by atoms with Crippen molar-refractivity contribution in [3.05, 3.63) is 18.2 Å². The molecule has 7 heteroatoms. The number of anilines is 2. The van der Waals surface area contributed by atoms with Gasteiger partial charge in [0.15, 0.2) is 0 Å². The number of amides is 2. The summed E-state index contributed by atoms with van der Waals surface area (Å²) in [5.41, 5.74) is 11.9. The molecule has 0 aliphatic heterocycles. The van der Waals surface area contributed by atoms with Crippen LogP contribution in [0.3, 0.4) is 0 Å². The Morgan fingerprint density at radius 3 is 2.67 bits per heavy atom. The first-order chi connectivity index (χ1) is 9.96. The van der Waals surface area contributed by atoms with Crippen molar-refractivity contribution in [3.63, 3.8) is 0 Å². The normalized spacial score (nSPS) is 10.4. The maximum Gasteiger partial charge on any atom is 0.231 e. The number of rotatable bonds is 8. The van der Waals surface area contributed by atoms with Crippen molar-refractivity contribution in [1.29, 1.82) is 0 Å². The van der Waals surface area contributed by atoms with Gasteiger partial charge in [-0.2, -0.15) is 0 Å². The molecular weight excluding hydrogens is 272 g/mol. The summed E-state index contributed by atoms with van der Waals surface area (Å²) >= 11 is 0. The van der Waals surface area contributed by atoms with Gasteiger partial charge in [0.1, 0.15) is 5.75 Å². The monoisotopic (exact) mass is 294 g/mol. The lowest BCUT2D eigenvalue weighted by Crippen LogP contribution is -2.35. The van der Waals surface area contributed by atoms with E-state index in [-0.39, 0.29) is 18.9 Å².